The van der Waals surface area contributed by atoms with Gasteiger partial charge in [-0.1, -0.05) is 12.1 Å². The third-order valence-electron chi connectivity index (χ3n) is 2.80. The molecule has 0 bridgehead atoms. The summed E-state index contributed by atoms with van der Waals surface area (Å²) in [6.07, 6.45) is 0. The van der Waals surface area contributed by atoms with E-state index in [1.807, 2.05) is 6.07 Å². The molecule has 0 atom stereocenters. The van der Waals surface area contributed by atoms with E-state index in [-0.39, 0.29) is 17.1 Å². The lowest BCUT2D eigenvalue weighted by Gasteiger charge is -2.08. The molecule has 21 heavy (non-hydrogen) atoms. The number of nitrogen functional groups attached to an aromatic ring is 1. The van der Waals surface area contributed by atoms with Crippen LogP contribution in [0.3, 0.4) is 0 Å². The van der Waals surface area contributed by atoms with Gasteiger partial charge < -0.3 is 5.73 Å². The van der Waals surface area contributed by atoms with E-state index in [4.69, 9.17) is 11.0 Å². The molecule has 2 aromatic rings. The second kappa shape index (κ2) is 5.91. The molecule has 0 unspecified atom stereocenters. The lowest BCUT2D eigenvalue weighted by molar-refractivity contribution is 0.580. The van der Waals surface area contributed by atoms with Crippen LogP contribution in [0.15, 0.2) is 47.4 Å². The molecule has 0 saturated heterocycles. The number of nitrogens with zero attached hydrogens (tertiary/aromatic N) is 1. The van der Waals surface area contributed by atoms with E-state index in [2.05, 4.69) is 4.72 Å². The maximum absolute atomic E-state index is 13.1. The molecule has 2 rings (SSSR count). The predicted octanol–water partition coefficient (Wildman–Crippen LogP) is 1.76. The maximum atomic E-state index is 13.1. The van der Waals surface area contributed by atoms with Gasteiger partial charge in [0.15, 0.2) is 0 Å². The van der Waals surface area contributed by atoms with Crippen LogP contribution in [0.5, 0.6) is 0 Å². The predicted molar refractivity (Wildman–Crippen MR) is 76.0 cm³/mol. The van der Waals surface area contributed by atoms with Gasteiger partial charge in [0, 0.05) is 6.54 Å². The highest BCUT2D eigenvalue weighted by molar-refractivity contribution is 7.89. The van der Waals surface area contributed by atoms with Crippen LogP contribution >= 0.6 is 0 Å². The molecule has 0 fully saturated rings. The molecule has 0 aliphatic heterocycles. The quantitative estimate of drug-likeness (QED) is 0.841. The third-order valence-corrected chi connectivity index (χ3v) is 4.20. The molecule has 0 aliphatic rings. The van der Waals surface area contributed by atoms with Crippen LogP contribution in [0.1, 0.15) is 11.1 Å². The molecule has 0 spiro atoms. The number of nitrogens with one attached hydrogen (secondary N) is 1. The van der Waals surface area contributed by atoms with E-state index < -0.39 is 15.8 Å². The van der Waals surface area contributed by atoms with Gasteiger partial charge in [-0.25, -0.2) is 17.5 Å². The van der Waals surface area contributed by atoms with Crippen LogP contribution in [-0.4, -0.2) is 8.42 Å². The van der Waals surface area contributed by atoms with E-state index in [1.165, 1.54) is 0 Å². The Bertz CT molecular complexity index is 813. The highest BCUT2D eigenvalue weighted by Gasteiger charge is 2.15. The Morgan fingerprint density at radius 3 is 2.67 bits per heavy atom. The van der Waals surface area contributed by atoms with Crippen molar-refractivity contribution in [3.8, 4) is 6.07 Å². The van der Waals surface area contributed by atoms with Gasteiger partial charge in [-0.3, -0.25) is 0 Å². The molecular weight excluding hydrogens is 293 g/mol. The maximum Gasteiger partial charge on any atom is 0.240 e. The van der Waals surface area contributed by atoms with E-state index in [0.29, 0.717) is 11.1 Å². The third kappa shape index (κ3) is 3.56. The van der Waals surface area contributed by atoms with Crippen molar-refractivity contribution in [3.05, 3.63) is 59.4 Å². The fourth-order valence-corrected chi connectivity index (χ4v) is 2.75. The number of anilines is 1. The molecule has 0 heterocycles. The Hall–Kier alpha value is -2.43. The van der Waals surface area contributed by atoms with Crippen LogP contribution in [0.25, 0.3) is 0 Å². The highest BCUT2D eigenvalue weighted by Crippen LogP contribution is 2.17. The molecule has 0 radical (unpaired) electrons. The SMILES string of the molecule is N#Cc1cccc(CNS(=O)(=O)c2ccc(F)c(N)c2)c1. The zero-order valence-electron chi connectivity index (χ0n) is 10.9. The average molecular weight is 305 g/mol. The van der Waals surface area contributed by atoms with Crippen LogP contribution in [0, 0.1) is 17.1 Å². The summed E-state index contributed by atoms with van der Waals surface area (Å²) < 4.78 is 39.6. The summed E-state index contributed by atoms with van der Waals surface area (Å²) in [6.45, 7) is 0.0230. The van der Waals surface area contributed by atoms with Gasteiger partial charge in [-0.15, -0.1) is 0 Å². The fraction of sp³-hybridized carbons (Fsp3) is 0.0714. The Morgan fingerprint density at radius 2 is 2.00 bits per heavy atom. The molecule has 108 valence electrons. The number of halogens is 1. The monoisotopic (exact) mass is 305 g/mol. The summed E-state index contributed by atoms with van der Waals surface area (Å²) in [7, 11) is -3.80. The van der Waals surface area contributed by atoms with Crippen LogP contribution < -0.4 is 10.5 Å². The Balaban J connectivity index is 2.17. The van der Waals surface area contributed by atoms with Crippen molar-refractivity contribution in [2.75, 3.05) is 5.73 Å². The number of hydrogen-bond donors (Lipinski definition) is 2. The summed E-state index contributed by atoms with van der Waals surface area (Å²) in [6, 6.07) is 11.7. The molecular formula is C14H12FN3O2S. The molecule has 2 aromatic carbocycles. The van der Waals surface area contributed by atoms with E-state index in [0.717, 1.165) is 18.2 Å². The Labute approximate surface area is 121 Å². The molecule has 0 saturated carbocycles. The topological polar surface area (TPSA) is 96.0 Å². The molecule has 0 aliphatic carbocycles. The smallest absolute Gasteiger partial charge is 0.240 e. The van der Waals surface area contributed by atoms with Crippen molar-refractivity contribution >= 4 is 15.7 Å². The van der Waals surface area contributed by atoms with Crippen molar-refractivity contribution in [1.29, 1.82) is 5.26 Å². The lowest BCUT2D eigenvalue weighted by Crippen LogP contribution is -2.23. The summed E-state index contributed by atoms with van der Waals surface area (Å²) in [5.41, 5.74) is 6.22. The summed E-state index contributed by atoms with van der Waals surface area (Å²) >= 11 is 0. The standard InChI is InChI=1S/C14H12FN3O2S/c15-13-5-4-12(7-14(13)17)21(19,20)18-9-11-3-1-2-10(6-11)8-16/h1-7,18H,9,17H2. The minimum absolute atomic E-state index is 0.0230. The first-order valence-electron chi connectivity index (χ1n) is 5.96. The van der Waals surface area contributed by atoms with Gasteiger partial charge in [-0.2, -0.15) is 5.26 Å². The van der Waals surface area contributed by atoms with Crippen LogP contribution in [-0.2, 0) is 16.6 Å². The van der Waals surface area contributed by atoms with Gasteiger partial charge in [0.1, 0.15) is 5.82 Å². The van der Waals surface area contributed by atoms with Crippen LogP contribution in [0.2, 0.25) is 0 Å². The number of sulfonamides is 1. The van der Waals surface area contributed by atoms with Gasteiger partial charge in [0.2, 0.25) is 10.0 Å². The van der Waals surface area contributed by atoms with Crippen LogP contribution in [0.4, 0.5) is 10.1 Å². The zero-order valence-corrected chi connectivity index (χ0v) is 11.7. The number of rotatable bonds is 4. The zero-order chi connectivity index (χ0) is 15.5. The van der Waals surface area contributed by atoms with Gasteiger partial charge >= 0.3 is 0 Å². The summed E-state index contributed by atoms with van der Waals surface area (Å²) in [5, 5.41) is 8.79. The minimum Gasteiger partial charge on any atom is -0.396 e. The summed E-state index contributed by atoms with van der Waals surface area (Å²) in [5.74, 6) is -0.671. The molecule has 0 amide bonds. The van der Waals surface area contributed by atoms with Crippen molar-refractivity contribution in [2.24, 2.45) is 0 Å². The second-order valence-corrected chi connectivity index (χ2v) is 6.09. The first-order valence-corrected chi connectivity index (χ1v) is 7.44. The first-order chi connectivity index (χ1) is 9.92. The lowest BCUT2D eigenvalue weighted by atomic mass is 10.1. The van der Waals surface area contributed by atoms with Crippen molar-refractivity contribution in [1.82, 2.24) is 4.72 Å². The molecule has 3 N–H and O–H groups in total. The Morgan fingerprint density at radius 1 is 1.24 bits per heavy atom. The highest BCUT2D eigenvalue weighted by atomic mass is 32.2. The molecule has 5 nitrogen and oxygen atoms in total. The van der Waals surface area contributed by atoms with Crippen molar-refractivity contribution in [3.63, 3.8) is 0 Å². The molecule has 0 aromatic heterocycles. The number of nitrogens with two attached hydrogens (primary N) is 1. The fourth-order valence-electron chi connectivity index (χ4n) is 1.70. The number of nitriles is 1. The summed E-state index contributed by atoms with van der Waals surface area (Å²) in [4.78, 5) is -0.113. The number of benzene rings is 2. The average Bonchev–Trinajstić information content (AvgIpc) is 2.48. The van der Waals surface area contributed by atoms with Gasteiger partial charge in [0.05, 0.1) is 22.2 Å². The van der Waals surface area contributed by atoms with E-state index >= 15 is 0 Å². The second-order valence-electron chi connectivity index (χ2n) is 4.32. The van der Waals surface area contributed by atoms with Crippen molar-refractivity contribution < 1.29 is 12.8 Å². The van der Waals surface area contributed by atoms with E-state index in [9.17, 15) is 12.8 Å². The van der Waals surface area contributed by atoms with E-state index in [1.54, 1.807) is 24.3 Å². The largest absolute Gasteiger partial charge is 0.396 e. The van der Waals surface area contributed by atoms with Gasteiger partial charge in [0.25, 0.3) is 0 Å². The van der Waals surface area contributed by atoms with Gasteiger partial charge in [-0.05, 0) is 35.9 Å². The minimum atomic E-state index is -3.80. The Kier molecular flexibility index (Phi) is 4.21. The molecule has 7 heteroatoms. The number of hydrogen-bond acceptors (Lipinski definition) is 4. The normalized spacial score (nSPS) is 11.0. The first kappa shape index (κ1) is 15.0. The van der Waals surface area contributed by atoms with Crippen molar-refractivity contribution in [2.45, 2.75) is 11.4 Å².